The van der Waals surface area contributed by atoms with Crippen LogP contribution in [0.5, 0.6) is 5.75 Å². The van der Waals surface area contributed by atoms with Crippen LogP contribution in [0.1, 0.15) is 57.7 Å². The van der Waals surface area contributed by atoms with Crippen molar-refractivity contribution in [3.05, 3.63) is 35.9 Å². The number of hydrogen-bond donors (Lipinski definition) is 4. The lowest BCUT2D eigenvalue weighted by Crippen LogP contribution is -2.76. The van der Waals surface area contributed by atoms with Crippen molar-refractivity contribution < 1.29 is 14.3 Å². The molecule has 0 bridgehead atoms. The Balaban J connectivity index is 1.26. The Morgan fingerprint density at radius 3 is 2.55 bits per heavy atom. The van der Waals surface area contributed by atoms with Crippen LogP contribution in [0, 0.1) is 0 Å². The van der Waals surface area contributed by atoms with E-state index < -0.39 is 5.91 Å². The van der Waals surface area contributed by atoms with E-state index in [2.05, 4.69) is 51.4 Å². The minimum atomic E-state index is -1.48. The van der Waals surface area contributed by atoms with Crippen LogP contribution < -0.4 is 26.4 Å². The summed E-state index contributed by atoms with van der Waals surface area (Å²) in [5.74, 6) is -0.370. The number of fused-ring (bicyclic) bond motifs is 1. The van der Waals surface area contributed by atoms with Crippen LogP contribution in [0.3, 0.4) is 0 Å². The predicted octanol–water partition coefficient (Wildman–Crippen LogP) is 2.16. The van der Waals surface area contributed by atoms with Gasteiger partial charge in [0, 0.05) is 69.5 Å². The van der Waals surface area contributed by atoms with Crippen LogP contribution in [0.25, 0.3) is 10.9 Å². The molecule has 1 amide bonds. The molecule has 0 radical (unpaired) electrons. The molecule has 1 aromatic carbocycles. The second-order valence-electron chi connectivity index (χ2n) is 13.1. The molecular formula is C32H49N9O3. The van der Waals surface area contributed by atoms with Gasteiger partial charge in [0.25, 0.3) is 5.91 Å². The van der Waals surface area contributed by atoms with Crippen molar-refractivity contribution in [3.8, 4) is 5.75 Å². The van der Waals surface area contributed by atoms with Crippen LogP contribution in [-0.4, -0.2) is 113 Å². The van der Waals surface area contributed by atoms with E-state index in [0.717, 1.165) is 68.7 Å². The Labute approximate surface area is 260 Å². The number of aromatic nitrogens is 1. The zero-order valence-electron chi connectivity index (χ0n) is 26.9. The number of nitrogens with zero attached hydrogens (tertiary/aromatic N) is 5. The van der Waals surface area contributed by atoms with E-state index >= 15 is 0 Å². The fourth-order valence-corrected chi connectivity index (χ4v) is 7.46. The number of anilines is 1. The number of hydrogen-bond acceptors (Lipinski definition) is 10. The highest BCUT2D eigenvalue weighted by molar-refractivity contribution is 5.97. The minimum absolute atomic E-state index is 0.0125. The van der Waals surface area contributed by atoms with Gasteiger partial charge in [0.15, 0.2) is 0 Å². The first-order valence-corrected chi connectivity index (χ1v) is 16.2. The van der Waals surface area contributed by atoms with Crippen molar-refractivity contribution in [3.63, 3.8) is 0 Å². The number of carbonyl (C=O) groups is 2. The molecule has 1 aliphatic carbocycles. The maximum atomic E-state index is 13.6. The monoisotopic (exact) mass is 607 g/mol. The Morgan fingerprint density at radius 1 is 1.16 bits per heavy atom. The predicted molar refractivity (Wildman–Crippen MR) is 172 cm³/mol. The molecule has 3 aliphatic heterocycles. The van der Waals surface area contributed by atoms with Crippen LogP contribution in [0.4, 0.5) is 5.69 Å². The molecule has 44 heavy (non-hydrogen) atoms. The van der Waals surface area contributed by atoms with Crippen molar-refractivity contribution in [1.82, 2.24) is 34.8 Å². The van der Waals surface area contributed by atoms with Crippen molar-refractivity contribution in [2.24, 2.45) is 5.73 Å². The van der Waals surface area contributed by atoms with E-state index in [1.54, 1.807) is 11.7 Å². The molecule has 4 heterocycles. The van der Waals surface area contributed by atoms with Crippen molar-refractivity contribution in [1.29, 1.82) is 0 Å². The summed E-state index contributed by atoms with van der Waals surface area (Å²) in [5, 5.41) is 10.7. The highest BCUT2D eigenvalue weighted by Gasteiger charge is 2.46. The molecule has 1 unspecified atom stereocenters. The third-order valence-corrected chi connectivity index (χ3v) is 9.88. The zero-order valence-corrected chi connectivity index (χ0v) is 26.9. The lowest BCUT2D eigenvalue weighted by Gasteiger charge is -2.52. The van der Waals surface area contributed by atoms with Gasteiger partial charge >= 0.3 is 0 Å². The topological polar surface area (TPSA) is 123 Å². The summed E-state index contributed by atoms with van der Waals surface area (Å²) < 4.78 is 7.46. The van der Waals surface area contributed by atoms with E-state index in [4.69, 9.17) is 10.5 Å². The summed E-state index contributed by atoms with van der Waals surface area (Å²) in [6, 6.07) is 6.86. The van der Waals surface area contributed by atoms with Gasteiger partial charge < -0.3 is 25.2 Å². The molecule has 0 spiro atoms. The van der Waals surface area contributed by atoms with Gasteiger partial charge in [-0.25, -0.2) is 0 Å². The number of ether oxygens (including phenoxy) is 1. The van der Waals surface area contributed by atoms with Crippen molar-refractivity contribution >= 4 is 28.4 Å². The van der Waals surface area contributed by atoms with E-state index in [-0.39, 0.29) is 17.9 Å². The molecule has 4 aliphatic rings. The second kappa shape index (κ2) is 12.1. The number of piperazine rings is 1. The van der Waals surface area contributed by atoms with Crippen LogP contribution >= 0.6 is 0 Å². The van der Waals surface area contributed by atoms with Crippen LogP contribution in [-0.2, 0) is 4.79 Å². The van der Waals surface area contributed by atoms with E-state index in [1.165, 1.54) is 12.8 Å². The summed E-state index contributed by atoms with van der Waals surface area (Å²) in [6.45, 7) is 11.4. The van der Waals surface area contributed by atoms with E-state index in [9.17, 15) is 9.59 Å². The first-order valence-electron chi connectivity index (χ1n) is 16.2. The molecule has 12 nitrogen and oxygen atoms in total. The smallest absolute Gasteiger partial charge is 0.275 e. The zero-order chi connectivity index (χ0) is 31.2. The van der Waals surface area contributed by atoms with Gasteiger partial charge in [-0.1, -0.05) is 19.8 Å². The number of rotatable bonds is 8. The molecule has 1 saturated carbocycles. The standard InChI is InChI=1S/C32H49N9O3/c1-6-23-19-37(4)29-30(41(23)24-9-7-8-10-24)35-32(33,36-31(29)43)34-25-18-26-22(17-27(25)44-5)11-12-40(26)28(42)20-38-13-15-39(16-14-38)21(2)3/h11-12,17-18,21,23-24,34-35H,6-10,13-16,19-20,33H2,1-5H3,(H,36,43)/t23?,32-/m1/s1. The molecule has 6 rings (SSSR count). The minimum Gasteiger partial charge on any atom is -0.495 e. The van der Waals surface area contributed by atoms with Gasteiger partial charge in [0.05, 0.1) is 24.9 Å². The largest absolute Gasteiger partial charge is 0.495 e. The Bertz CT molecular complexity index is 1420. The summed E-state index contributed by atoms with van der Waals surface area (Å²) in [5.41, 5.74) is 8.84. The second-order valence-corrected chi connectivity index (χ2v) is 13.1. The number of nitrogens with one attached hydrogen (secondary N) is 3. The van der Waals surface area contributed by atoms with E-state index in [0.29, 0.717) is 35.8 Å². The van der Waals surface area contributed by atoms with Crippen molar-refractivity contribution in [2.45, 2.75) is 76.9 Å². The number of benzene rings is 1. The van der Waals surface area contributed by atoms with Gasteiger partial charge in [-0.2, -0.15) is 0 Å². The molecular weight excluding hydrogens is 558 g/mol. The fraction of sp³-hybridized carbons (Fsp3) is 0.625. The van der Waals surface area contributed by atoms with Crippen molar-refractivity contribution in [2.75, 3.05) is 58.7 Å². The maximum Gasteiger partial charge on any atom is 0.275 e. The number of methoxy groups -OCH3 is 1. The molecule has 2 fully saturated rings. The molecule has 2 aromatic rings. The SMILES string of the molecule is CCC1CN(C)C2=C(N[C@@](N)(Nc3cc4c(ccn4C(=O)CN4CCN(C(C)C)CC4)cc3OC)NC2=O)N1C1CCCC1. The highest BCUT2D eigenvalue weighted by atomic mass is 16.5. The Kier molecular flexibility index (Phi) is 8.42. The molecule has 12 heteroatoms. The summed E-state index contributed by atoms with van der Waals surface area (Å²) in [6.07, 6.45) is 7.38. The summed E-state index contributed by atoms with van der Waals surface area (Å²) in [7, 11) is 3.57. The van der Waals surface area contributed by atoms with Gasteiger partial charge in [-0.3, -0.25) is 35.0 Å². The first-order chi connectivity index (χ1) is 21.1. The van der Waals surface area contributed by atoms with Crippen LogP contribution in [0.15, 0.2) is 35.9 Å². The molecule has 5 N–H and O–H groups in total. The fourth-order valence-electron chi connectivity index (χ4n) is 7.46. The number of likely N-dealkylation sites (N-methyl/N-ethyl adjacent to an activating group) is 1. The number of carbonyl (C=O) groups excluding carboxylic acids is 2. The summed E-state index contributed by atoms with van der Waals surface area (Å²) >= 11 is 0. The molecule has 1 aromatic heterocycles. The quantitative estimate of drug-likeness (QED) is 0.332. The maximum absolute atomic E-state index is 13.6. The lowest BCUT2D eigenvalue weighted by atomic mass is 10.0. The average Bonchev–Trinajstić information content (AvgIpc) is 3.66. The first kappa shape index (κ1) is 30.5. The number of amides is 1. The molecule has 240 valence electrons. The molecule has 1 saturated heterocycles. The number of nitrogens with two attached hydrogens (primary N) is 1. The third-order valence-electron chi connectivity index (χ3n) is 9.88. The summed E-state index contributed by atoms with van der Waals surface area (Å²) in [4.78, 5) is 36.3. The van der Waals surface area contributed by atoms with E-state index in [1.807, 2.05) is 36.3 Å². The normalized spacial score (nSPS) is 25.4. The van der Waals surface area contributed by atoms with Gasteiger partial charge in [-0.15, -0.1) is 0 Å². The third kappa shape index (κ3) is 5.70. The average molecular weight is 608 g/mol. The van der Waals surface area contributed by atoms with Gasteiger partial charge in [0.1, 0.15) is 17.3 Å². The Morgan fingerprint density at radius 2 is 1.89 bits per heavy atom. The van der Waals surface area contributed by atoms with Crippen LogP contribution in [0.2, 0.25) is 0 Å². The van der Waals surface area contributed by atoms with Gasteiger partial charge in [0.2, 0.25) is 11.8 Å². The van der Waals surface area contributed by atoms with Gasteiger partial charge in [-0.05, 0) is 51.3 Å². The highest BCUT2D eigenvalue weighted by Crippen LogP contribution is 2.36. The molecule has 2 atom stereocenters. The lowest BCUT2D eigenvalue weighted by molar-refractivity contribution is -0.123. The Hall–Kier alpha value is -3.48.